The summed E-state index contributed by atoms with van der Waals surface area (Å²) in [7, 11) is 1.57. The number of hydrogen-bond donors (Lipinski definition) is 3. The Morgan fingerprint density at radius 2 is 1.86 bits per heavy atom. The maximum atomic E-state index is 13.4. The van der Waals surface area contributed by atoms with Crippen molar-refractivity contribution < 1.29 is 14.3 Å². The number of benzene rings is 2. The average molecular weight is 517 g/mol. The number of hydrogen-bond acceptors (Lipinski definition) is 7. The van der Waals surface area contributed by atoms with Crippen LogP contribution in [0.25, 0.3) is 0 Å². The molecule has 3 aromatic rings. The number of thiophene rings is 1. The van der Waals surface area contributed by atoms with Crippen LogP contribution in [0.1, 0.15) is 17.7 Å². The maximum absolute atomic E-state index is 13.4. The molecule has 9 heteroatoms. The van der Waals surface area contributed by atoms with Crippen molar-refractivity contribution in [3.05, 3.63) is 98.9 Å². The third-order valence-corrected chi connectivity index (χ3v) is 7.41. The zero-order valence-corrected chi connectivity index (χ0v) is 21.3. The van der Waals surface area contributed by atoms with Gasteiger partial charge in [0.05, 0.1) is 35.5 Å². The van der Waals surface area contributed by atoms with Crippen molar-refractivity contribution in [2.45, 2.75) is 12.8 Å². The van der Waals surface area contributed by atoms with Gasteiger partial charge in [-0.2, -0.15) is 5.26 Å². The van der Waals surface area contributed by atoms with Gasteiger partial charge in [-0.25, -0.2) is 0 Å². The summed E-state index contributed by atoms with van der Waals surface area (Å²) in [5, 5.41) is 21.6. The van der Waals surface area contributed by atoms with Crippen LogP contribution in [0.3, 0.4) is 0 Å². The number of para-hydroxylation sites is 1. The van der Waals surface area contributed by atoms with Gasteiger partial charge in [0.2, 0.25) is 5.91 Å². The molecular formula is C27H24N4O3S2. The fraction of sp³-hybridized carbons (Fsp3) is 0.148. The SMILES string of the molecule is COc1cccc(NC(=O)CSC2=C(C#N)[C@H](c3cccs3)C(C(=O)Nc3ccccc3)=C(C)N2)c1. The van der Waals surface area contributed by atoms with E-state index < -0.39 is 5.92 Å². The van der Waals surface area contributed by atoms with Gasteiger partial charge in [0.15, 0.2) is 0 Å². The van der Waals surface area contributed by atoms with E-state index in [2.05, 4.69) is 22.0 Å². The lowest BCUT2D eigenvalue weighted by molar-refractivity contribution is -0.114. The van der Waals surface area contributed by atoms with Gasteiger partial charge in [-0.3, -0.25) is 9.59 Å². The smallest absolute Gasteiger partial charge is 0.254 e. The molecule has 0 aliphatic carbocycles. The summed E-state index contributed by atoms with van der Waals surface area (Å²) >= 11 is 2.71. The average Bonchev–Trinajstić information content (AvgIpc) is 3.42. The number of nitriles is 1. The van der Waals surface area contributed by atoms with Crippen LogP contribution in [-0.4, -0.2) is 24.7 Å². The number of nitrogens with one attached hydrogen (secondary N) is 3. The summed E-state index contributed by atoms with van der Waals surface area (Å²) in [5.74, 6) is -0.312. The van der Waals surface area contributed by atoms with E-state index in [9.17, 15) is 14.9 Å². The van der Waals surface area contributed by atoms with E-state index in [4.69, 9.17) is 4.74 Å². The van der Waals surface area contributed by atoms with Crippen molar-refractivity contribution in [1.29, 1.82) is 5.26 Å². The second-order valence-corrected chi connectivity index (χ2v) is 9.82. The molecule has 0 saturated carbocycles. The fourth-order valence-corrected chi connectivity index (χ4v) is 5.56. The van der Waals surface area contributed by atoms with Gasteiger partial charge < -0.3 is 20.7 Å². The normalized spacial score (nSPS) is 15.1. The Morgan fingerprint density at radius 1 is 1.08 bits per heavy atom. The Kier molecular flexibility index (Phi) is 8.10. The number of dihydropyridines is 1. The molecule has 1 atom stereocenters. The lowest BCUT2D eigenvalue weighted by atomic mass is 9.86. The van der Waals surface area contributed by atoms with E-state index in [1.807, 2.05) is 54.8 Å². The van der Waals surface area contributed by atoms with Crippen LogP contribution in [0.5, 0.6) is 5.75 Å². The third-order valence-electron chi connectivity index (χ3n) is 5.45. The molecule has 7 nitrogen and oxygen atoms in total. The molecule has 0 saturated heterocycles. The van der Waals surface area contributed by atoms with E-state index in [-0.39, 0.29) is 17.6 Å². The number of rotatable bonds is 8. The van der Waals surface area contributed by atoms with Crippen molar-refractivity contribution in [3.63, 3.8) is 0 Å². The summed E-state index contributed by atoms with van der Waals surface area (Å²) < 4.78 is 5.20. The minimum absolute atomic E-state index is 0.0840. The van der Waals surface area contributed by atoms with Crippen LogP contribution in [0, 0.1) is 11.3 Å². The zero-order chi connectivity index (χ0) is 25.5. The van der Waals surface area contributed by atoms with Crippen LogP contribution in [-0.2, 0) is 9.59 Å². The maximum Gasteiger partial charge on any atom is 0.254 e. The summed E-state index contributed by atoms with van der Waals surface area (Å²) in [6, 6.07) is 22.4. The second kappa shape index (κ2) is 11.6. The number of thioether (sulfide) groups is 1. The predicted molar refractivity (Wildman–Crippen MR) is 145 cm³/mol. The Balaban J connectivity index is 1.56. The molecule has 0 unspecified atom stereocenters. The fourth-order valence-electron chi connectivity index (χ4n) is 3.82. The topological polar surface area (TPSA) is 103 Å². The molecule has 182 valence electrons. The molecule has 0 bridgehead atoms. The van der Waals surface area contributed by atoms with Gasteiger partial charge in [-0.05, 0) is 42.6 Å². The highest BCUT2D eigenvalue weighted by Gasteiger charge is 2.35. The number of carbonyl (C=O) groups excluding carboxylic acids is 2. The summed E-state index contributed by atoms with van der Waals surface area (Å²) in [6.07, 6.45) is 0. The zero-order valence-electron chi connectivity index (χ0n) is 19.7. The number of amides is 2. The number of anilines is 2. The van der Waals surface area contributed by atoms with Gasteiger partial charge in [0, 0.05) is 33.6 Å². The summed E-state index contributed by atoms with van der Waals surface area (Å²) in [5.41, 5.74) is 2.81. The van der Waals surface area contributed by atoms with Crippen molar-refractivity contribution in [2.24, 2.45) is 0 Å². The first kappa shape index (κ1) is 25.1. The number of ether oxygens (including phenoxy) is 1. The van der Waals surface area contributed by atoms with Crippen LogP contribution in [0.2, 0.25) is 0 Å². The van der Waals surface area contributed by atoms with Crippen LogP contribution >= 0.6 is 23.1 Å². The molecule has 2 aromatic carbocycles. The van der Waals surface area contributed by atoms with E-state index in [0.29, 0.717) is 39.0 Å². The van der Waals surface area contributed by atoms with Gasteiger partial charge in [0.1, 0.15) is 5.75 Å². The molecule has 1 aromatic heterocycles. The van der Waals surface area contributed by atoms with Gasteiger partial charge in [0.25, 0.3) is 5.91 Å². The number of carbonyl (C=O) groups is 2. The first-order valence-electron chi connectivity index (χ1n) is 11.1. The first-order chi connectivity index (χ1) is 17.5. The van der Waals surface area contributed by atoms with E-state index in [1.165, 1.54) is 23.1 Å². The molecule has 0 fully saturated rings. The van der Waals surface area contributed by atoms with Crippen molar-refractivity contribution in [3.8, 4) is 11.8 Å². The van der Waals surface area contributed by atoms with E-state index in [1.54, 1.807) is 31.4 Å². The number of methoxy groups -OCH3 is 1. The molecule has 36 heavy (non-hydrogen) atoms. The minimum Gasteiger partial charge on any atom is -0.497 e. The van der Waals surface area contributed by atoms with Crippen LogP contribution in [0.4, 0.5) is 11.4 Å². The van der Waals surface area contributed by atoms with Gasteiger partial charge in [-0.1, -0.05) is 42.1 Å². The van der Waals surface area contributed by atoms with Crippen molar-refractivity contribution >= 4 is 46.3 Å². The van der Waals surface area contributed by atoms with Crippen LogP contribution in [0.15, 0.2) is 94.0 Å². The van der Waals surface area contributed by atoms with Crippen molar-refractivity contribution in [2.75, 3.05) is 23.5 Å². The van der Waals surface area contributed by atoms with Crippen molar-refractivity contribution in [1.82, 2.24) is 5.32 Å². The molecule has 1 aliphatic heterocycles. The largest absolute Gasteiger partial charge is 0.497 e. The molecule has 0 radical (unpaired) electrons. The summed E-state index contributed by atoms with van der Waals surface area (Å²) in [6.45, 7) is 1.81. The molecule has 2 heterocycles. The molecule has 1 aliphatic rings. The highest BCUT2D eigenvalue weighted by Crippen LogP contribution is 2.42. The quantitative estimate of drug-likeness (QED) is 0.367. The highest BCUT2D eigenvalue weighted by atomic mass is 32.2. The first-order valence-corrected chi connectivity index (χ1v) is 12.9. The second-order valence-electron chi connectivity index (χ2n) is 7.86. The van der Waals surface area contributed by atoms with Gasteiger partial charge >= 0.3 is 0 Å². The minimum atomic E-state index is -0.538. The molecule has 0 spiro atoms. The van der Waals surface area contributed by atoms with Gasteiger partial charge in [-0.15, -0.1) is 11.3 Å². The Bertz CT molecular complexity index is 1360. The van der Waals surface area contributed by atoms with Crippen LogP contribution < -0.4 is 20.7 Å². The molecular weight excluding hydrogens is 492 g/mol. The molecule has 3 N–H and O–H groups in total. The lowest BCUT2D eigenvalue weighted by Crippen LogP contribution is -2.30. The monoisotopic (exact) mass is 516 g/mol. The standard InChI is InChI=1S/C27H24N4O3S2/c1-17-24(26(33)31-18-8-4-3-5-9-18)25(22-12-7-13-35-22)21(15-28)27(29-17)36-16-23(32)30-19-10-6-11-20(14-19)34-2/h3-14,25,29H,16H2,1-2H3,(H,30,32)(H,31,33)/t25-/m1/s1. The van der Waals surface area contributed by atoms with E-state index in [0.717, 1.165) is 4.88 Å². The number of allylic oxidation sites excluding steroid dienone is 2. The lowest BCUT2D eigenvalue weighted by Gasteiger charge is -2.29. The predicted octanol–water partition coefficient (Wildman–Crippen LogP) is 5.46. The van der Waals surface area contributed by atoms with E-state index >= 15 is 0 Å². The summed E-state index contributed by atoms with van der Waals surface area (Å²) in [4.78, 5) is 26.9. The molecule has 2 amide bonds. The Labute approximate surface area is 217 Å². The Hall–Kier alpha value is -4.00. The highest BCUT2D eigenvalue weighted by molar-refractivity contribution is 8.03. The molecule has 4 rings (SSSR count). The third kappa shape index (κ3) is 5.79. The number of nitrogens with zero attached hydrogens (tertiary/aromatic N) is 1. The Morgan fingerprint density at radius 3 is 2.56 bits per heavy atom.